The molecule has 0 bridgehead atoms. The number of hydrogen-bond donors (Lipinski definition) is 1. The van der Waals surface area contributed by atoms with Gasteiger partial charge in [-0.15, -0.1) is 11.8 Å². The van der Waals surface area contributed by atoms with E-state index in [4.69, 9.17) is 5.11 Å². The first kappa shape index (κ1) is 10.4. The van der Waals surface area contributed by atoms with Gasteiger partial charge in [0.15, 0.2) is 0 Å². The fraction of sp³-hybridized carbons (Fsp3) is 0.500. The second kappa shape index (κ2) is 4.61. The highest BCUT2D eigenvalue weighted by Gasteiger charge is 2.17. The molecule has 5 heteroatoms. The lowest BCUT2D eigenvalue weighted by Gasteiger charge is -2.04. The SMILES string of the molecule is O=C(O)CCSc1ncnc2c1CCC2. The Morgan fingerprint density at radius 1 is 1.47 bits per heavy atom. The normalized spacial score (nSPS) is 13.9. The molecule has 0 radical (unpaired) electrons. The number of fused-ring (bicyclic) bond motifs is 1. The molecule has 1 N–H and O–H groups in total. The summed E-state index contributed by atoms with van der Waals surface area (Å²) in [4.78, 5) is 18.8. The van der Waals surface area contributed by atoms with Crippen LogP contribution in [0.1, 0.15) is 24.1 Å². The van der Waals surface area contributed by atoms with Gasteiger partial charge in [0.05, 0.1) is 6.42 Å². The average molecular weight is 224 g/mol. The molecule has 0 unspecified atom stereocenters. The van der Waals surface area contributed by atoms with E-state index in [0.717, 1.165) is 30.0 Å². The first-order chi connectivity index (χ1) is 7.27. The lowest BCUT2D eigenvalue weighted by Crippen LogP contribution is -1.98. The first-order valence-corrected chi connectivity index (χ1v) is 5.93. The zero-order valence-corrected chi connectivity index (χ0v) is 9.09. The number of aryl methyl sites for hydroxylation is 1. The van der Waals surface area contributed by atoms with Crippen molar-refractivity contribution in [1.82, 2.24) is 9.97 Å². The summed E-state index contributed by atoms with van der Waals surface area (Å²) in [5, 5.41) is 9.51. The molecule has 80 valence electrons. The summed E-state index contributed by atoms with van der Waals surface area (Å²) in [6.07, 6.45) is 4.97. The van der Waals surface area contributed by atoms with Gasteiger partial charge in [-0.1, -0.05) is 0 Å². The van der Waals surface area contributed by atoms with Crippen LogP contribution < -0.4 is 0 Å². The Labute approximate surface area is 92.1 Å². The van der Waals surface area contributed by atoms with E-state index in [0.29, 0.717) is 5.75 Å². The molecule has 0 aliphatic heterocycles. The molecule has 0 amide bonds. The summed E-state index contributed by atoms with van der Waals surface area (Å²) < 4.78 is 0. The Hall–Kier alpha value is -1.10. The van der Waals surface area contributed by atoms with Crippen LogP contribution in [0.5, 0.6) is 0 Å². The van der Waals surface area contributed by atoms with Crippen molar-refractivity contribution >= 4 is 17.7 Å². The molecule has 1 aliphatic carbocycles. The minimum Gasteiger partial charge on any atom is -0.481 e. The zero-order valence-electron chi connectivity index (χ0n) is 8.27. The lowest BCUT2D eigenvalue weighted by molar-refractivity contribution is -0.136. The molecular formula is C10H12N2O2S. The van der Waals surface area contributed by atoms with Crippen LogP contribution in [0.2, 0.25) is 0 Å². The second-order valence-corrected chi connectivity index (χ2v) is 4.53. The molecule has 4 nitrogen and oxygen atoms in total. The number of thioether (sulfide) groups is 1. The van der Waals surface area contributed by atoms with Gasteiger partial charge in [-0.25, -0.2) is 9.97 Å². The summed E-state index contributed by atoms with van der Waals surface area (Å²) in [5.74, 6) is -0.174. The van der Waals surface area contributed by atoms with Gasteiger partial charge >= 0.3 is 5.97 Å². The van der Waals surface area contributed by atoms with Crippen LogP contribution in [-0.4, -0.2) is 26.8 Å². The lowest BCUT2D eigenvalue weighted by atomic mass is 10.3. The van der Waals surface area contributed by atoms with Gasteiger partial charge in [0, 0.05) is 17.0 Å². The van der Waals surface area contributed by atoms with Crippen LogP contribution in [0.4, 0.5) is 0 Å². The van der Waals surface area contributed by atoms with Crippen molar-refractivity contribution < 1.29 is 9.90 Å². The van der Waals surface area contributed by atoms with Crippen LogP contribution in [0.25, 0.3) is 0 Å². The highest BCUT2D eigenvalue weighted by molar-refractivity contribution is 7.99. The third-order valence-electron chi connectivity index (χ3n) is 2.39. The summed E-state index contributed by atoms with van der Waals surface area (Å²) in [6.45, 7) is 0. The van der Waals surface area contributed by atoms with Crippen LogP contribution in [0.15, 0.2) is 11.4 Å². The maximum Gasteiger partial charge on any atom is 0.304 e. The first-order valence-electron chi connectivity index (χ1n) is 4.94. The van der Waals surface area contributed by atoms with E-state index in [1.807, 2.05) is 0 Å². The quantitative estimate of drug-likeness (QED) is 0.620. The van der Waals surface area contributed by atoms with E-state index in [-0.39, 0.29) is 6.42 Å². The number of hydrogen-bond acceptors (Lipinski definition) is 4. The highest BCUT2D eigenvalue weighted by Crippen LogP contribution is 2.28. The molecule has 1 aromatic rings. The van der Waals surface area contributed by atoms with Gasteiger partial charge in [-0.05, 0) is 19.3 Å². The number of aliphatic carboxylic acids is 1. The molecule has 0 fully saturated rings. The van der Waals surface area contributed by atoms with Crippen molar-refractivity contribution in [1.29, 1.82) is 0 Å². The topological polar surface area (TPSA) is 63.1 Å². The van der Waals surface area contributed by atoms with Gasteiger partial charge in [-0.3, -0.25) is 4.79 Å². The number of rotatable bonds is 4. The molecule has 0 saturated heterocycles. The standard InChI is InChI=1S/C10H12N2O2S/c13-9(14)4-5-15-10-7-2-1-3-8(7)11-6-12-10/h6H,1-5H2,(H,13,14). The average Bonchev–Trinajstić information content (AvgIpc) is 2.65. The molecule has 15 heavy (non-hydrogen) atoms. The molecule has 0 saturated carbocycles. The zero-order chi connectivity index (χ0) is 10.7. The fourth-order valence-electron chi connectivity index (χ4n) is 1.69. The predicted octanol–water partition coefficient (Wildman–Crippen LogP) is 1.53. The Morgan fingerprint density at radius 2 is 2.33 bits per heavy atom. The van der Waals surface area contributed by atoms with Gasteiger partial charge < -0.3 is 5.11 Å². The molecule has 2 rings (SSSR count). The highest BCUT2D eigenvalue weighted by atomic mass is 32.2. The smallest absolute Gasteiger partial charge is 0.304 e. The van der Waals surface area contributed by atoms with E-state index in [1.165, 1.54) is 17.3 Å². The number of aromatic nitrogens is 2. The maximum atomic E-state index is 10.4. The molecule has 1 heterocycles. The molecule has 1 aliphatic rings. The van der Waals surface area contributed by atoms with E-state index in [2.05, 4.69) is 9.97 Å². The summed E-state index contributed by atoms with van der Waals surface area (Å²) in [5.41, 5.74) is 2.37. The van der Waals surface area contributed by atoms with E-state index < -0.39 is 5.97 Å². The van der Waals surface area contributed by atoms with E-state index in [9.17, 15) is 4.79 Å². The van der Waals surface area contributed by atoms with Crippen molar-refractivity contribution in [3.8, 4) is 0 Å². The summed E-state index contributed by atoms with van der Waals surface area (Å²) >= 11 is 1.52. The maximum absolute atomic E-state index is 10.4. The van der Waals surface area contributed by atoms with Crippen LogP contribution >= 0.6 is 11.8 Å². The van der Waals surface area contributed by atoms with E-state index >= 15 is 0 Å². The van der Waals surface area contributed by atoms with Gasteiger partial charge in [0.2, 0.25) is 0 Å². The number of carbonyl (C=O) groups is 1. The Balaban J connectivity index is 2.02. The monoisotopic (exact) mass is 224 g/mol. The molecule has 0 aromatic carbocycles. The number of carboxylic acids is 1. The van der Waals surface area contributed by atoms with Crippen molar-refractivity contribution in [2.24, 2.45) is 0 Å². The van der Waals surface area contributed by atoms with Crippen molar-refractivity contribution in [3.63, 3.8) is 0 Å². The number of nitrogens with zero attached hydrogens (tertiary/aromatic N) is 2. The minimum atomic E-state index is -0.756. The van der Waals surface area contributed by atoms with Crippen molar-refractivity contribution in [3.05, 3.63) is 17.6 Å². The molecule has 0 spiro atoms. The Kier molecular flexibility index (Phi) is 3.20. The van der Waals surface area contributed by atoms with Crippen LogP contribution in [-0.2, 0) is 17.6 Å². The summed E-state index contributed by atoms with van der Waals surface area (Å²) in [6, 6.07) is 0. The number of carboxylic acid groups (broad SMARTS) is 1. The van der Waals surface area contributed by atoms with Crippen LogP contribution in [0, 0.1) is 0 Å². The van der Waals surface area contributed by atoms with Gasteiger partial charge in [-0.2, -0.15) is 0 Å². The Bertz CT molecular complexity index is 382. The van der Waals surface area contributed by atoms with Gasteiger partial charge in [0.1, 0.15) is 11.4 Å². The van der Waals surface area contributed by atoms with Crippen molar-refractivity contribution in [2.45, 2.75) is 30.7 Å². The minimum absolute atomic E-state index is 0.184. The largest absolute Gasteiger partial charge is 0.481 e. The third-order valence-corrected chi connectivity index (χ3v) is 3.42. The fourth-order valence-corrected chi connectivity index (χ4v) is 2.67. The Morgan fingerprint density at radius 3 is 3.13 bits per heavy atom. The van der Waals surface area contributed by atoms with Crippen molar-refractivity contribution in [2.75, 3.05) is 5.75 Å². The van der Waals surface area contributed by atoms with Crippen LogP contribution in [0.3, 0.4) is 0 Å². The third kappa shape index (κ3) is 2.47. The second-order valence-electron chi connectivity index (χ2n) is 3.45. The van der Waals surface area contributed by atoms with Gasteiger partial charge in [0.25, 0.3) is 0 Å². The summed E-state index contributed by atoms with van der Waals surface area (Å²) in [7, 11) is 0. The molecular weight excluding hydrogens is 212 g/mol. The predicted molar refractivity (Wildman–Crippen MR) is 57.0 cm³/mol. The van der Waals surface area contributed by atoms with E-state index in [1.54, 1.807) is 6.33 Å². The molecule has 1 aromatic heterocycles. The molecule has 0 atom stereocenters.